The number of aromatic nitrogens is 5. The molecule has 4 rings (SSSR count). The van der Waals surface area contributed by atoms with E-state index in [9.17, 15) is 4.79 Å². The maximum absolute atomic E-state index is 12.7. The zero-order valence-corrected chi connectivity index (χ0v) is 17.1. The largest absolute Gasteiger partial charge is 0.334 e. The highest BCUT2D eigenvalue weighted by atomic mass is 16.5. The van der Waals surface area contributed by atoms with Gasteiger partial charge in [0.2, 0.25) is 0 Å². The van der Waals surface area contributed by atoms with Crippen molar-refractivity contribution in [1.82, 2.24) is 24.7 Å². The number of nitrogens with zero attached hydrogens (tertiary/aromatic N) is 5. The molecule has 0 fully saturated rings. The SMILES string of the molecule is CCCc1noc(-c2cccnc2-n2cnc(C(=O)Nc3ccc(C)cc3C)c2)n1. The molecule has 0 radical (unpaired) electrons. The Kier molecular flexibility index (Phi) is 5.38. The van der Waals surface area contributed by atoms with Crippen molar-refractivity contribution in [1.29, 1.82) is 0 Å². The van der Waals surface area contributed by atoms with Crippen LogP contribution in [0.15, 0.2) is 53.6 Å². The molecule has 0 unspecified atom stereocenters. The van der Waals surface area contributed by atoms with Crippen molar-refractivity contribution in [2.24, 2.45) is 0 Å². The molecule has 0 atom stereocenters. The summed E-state index contributed by atoms with van der Waals surface area (Å²) >= 11 is 0. The molecule has 1 N–H and O–H groups in total. The van der Waals surface area contributed by atoms with E-state index in [1.807, 2.05) is 38.1 Å². The van der Waals surface area contributed by atoms with E-state index in [-0.39, 0.29) is 11.6 Å². The summed E-state index contributed by atoms with van der Waals surface area (Å²) in [5.74, 6) is 1.31. The summed E-state index contributed by atoms with van der Waals surface area (Å²) in [6.45, 7) is 6.03. The van der Waals surface area contributed by atoms with Gasteiger partial charge in [-0.15, -0.1) is 0 Å². The van der Waals surface area contributed by atoms with Crippen LogP contribution in [0, 0.1) is 13.8 Å². The molecule has 0 saturated carbocycles. The maximum Gasteiger partial charge on any atom is 0.275 e. The van der Waals surface area contributed by atoms with E-state index >= 15 is 0 Å². The predicted octanol–water partition coefficient (Wildman–Crippen LogP) is 4.14. The first kappa shape index (κ1) is 19.5. The summed E-state index contributed by atoms with van der Waals surface area (Å²) in [5.41, 5.74) is 3.84. The van der Waals surface area contributed by atoms with E-state index in [1.165, 1.54) is 0 Å². The van der Waals surface area contributed by atoms with Gasteiger partial charge in [0.25, 0.3) is 11.8 Å². The molecule has 1 aromatic carbocycles. The first-order valence-corrected chi connectivity index (χ1v) is 9.76. The van der Waals surface area contributed by atoms with Crippen LogP contribution in [0.4, 0.5) is 5.69 Å². The molecule has 0 saturated heterocycles. The number of imidazole rings is 1. The van der Waals surface area contributed by atoms with E-state index < -0.39 is 0 Å². The second-order valence-corrected chi connectivity index (χ2v) is 7.08. The Morgan fingerprint density at radius 2 is 2.07 bits per heavy atom. The zero-order chi connectivity index (χ0) is 21.1. The minimum absolute atomic E-state index is 0.281. The van der Waals surface area contributed by atoms with Gasteiger partial charge in [0.1, 0.15) is 12.0 Å². The van der Waals surface area contributed by atoms with Crippen LogP contribution >= 0.6 is 0 Å². The van der Waals surface area contributed by atoms with Gasteiger partial charge in [0.05, 0.1) is 5.56 Å². The number of anilines is 1. The van der Waals surface area contributed by atoms with Gasteiger partial charge >= 0.3 is 0 Å². The third-order valence-electron chi connectivity index (χ3n) is 4.65. The summed E-state index contributed by atoms with van der Waals surface area (Å²) < 4.78 is 7.08. The third kappa shape index (κ3) is 3.98. The smallest absolute Gasteiger partial charge is 0.275 e. The van der Waals surface area contributed by atoms with Crippen LogP contribution in [-0.2, 0) is 6.42 Å². The molecule has 0 bridgehead atoms. The predicted molar refractivity (Wildman–Crippen MR) is 113 cm³/mol. The molecule has 0 aliphatic heterocycles. The Bertz CT molecular complexity index is 1190. The third-order valence-corrected chi connectivity index (χ3v) is 4.65. The molecule has 3 aromatic heterocycles. The lowest BCUT2D eigenvalue weighted by Crippen LogP contribution is -2.13. The van der Waals surface area contributed by atoms with Crippen molar-refractivity contribution in [2.75, 3.05) is 5.32 Å². The molecule has 0 spiro atoms. The fourth-order valence-corrected chi connectivity index (χ4v) is 3.15. The molecule has 4 aromatic rings. The number of pyridine rings is 1. The molecule has 152 valence electrons. The van der Waals surface area contributed by atoms with E-state index in [4.69, 9.17) is 4.52 Å². The summed E-state index contributed by atoms with van der Waals surface area (Å²) in [7, 11) is 0. The summed E-state index contributed by atoms with van der Waals surface area (Å²) in [5, 5.41) is 6.91. The first-order valence-electron chi connectivity index (χ1n) is 9.76. The lowest BCUT2D eigenvalue weighted by atomic mass is 10.1. The molecule has 0 aliphatic carbocycles. The molecule has 30 heavy (non-hydrogen) atoms. The Hall–Kier alpha value is -3.81. The van der Waals surface area contributed by atoms with Crippen molar-refractivity contribution in [3.05, 3.63) is 71.7 Å². The number of amides is 1. The fraction of sp³-hybridized carbons (Fsp3) is 0.227. The molecule has 8 nitrogen and oxygen atoms in total. The molecule has 3 heterocycles. The van der Waals surface area contributed by atoms with Crippen LogP contribution in [-0.4, -0.2) is 30.6 Å². The van der Waals surface area contributed by atoms with Crippen LogP contribution in [0.1, 0.15) is 40.8 Å². The summed E-state index contributed by atoms with van der Waals surface area (Å²) in [6.07, 6.45) is 6.52. The fourth-order valence-electron chi connectivity index (χ4n) is 3.15. The number of carbonyl (C=O) groups excluding carboxylic acids is 1. The second kappa shape index (κ2) is 8.28. The molecular formula is C22H22N6O2. The second-order valence-electron chi connectivity index (χ2n) is 7.08. The maximum atomic E-state index is 12.7. The molecule has 0 aliphatic rings. The number of hydrogen-bond acceptors (Lipinski definition) is 6. The summed E-state index contributed by atoms with van der Waals surface area (Å²) in [4.78, 5) is 25.8. The average Bonchev–Trinajstić information content (AvgIpc) is 3.40. The number of carbonyl (C=O) groups is 1. The standard InChI is InChI=1S/C22H22N6O2/c1-4-6-19-26-22(30-27-19)16-7-5-10-23-20(16)28-12-18(24-13-28)21(29)25-17-9-8-14(2)11-15(17)3/h5,7-13H,4,6H2,1-3H3,(H,25,29). The minimum Gasteiger partial charge on any atom is -0.334 e. The Balaban J connectivity index is 1.60. The minimum atomic E-state index is -0.291. The van der Waals surface area contributed by atoms with Crippen molar-refractivity contribution in [2.45, 2.75) is 33.6 Å². The molecule has 1 amide bonds. The highest BCUT2D eigenvalue weighted by Crippen LogP contribution is 2.24. The van der Waals surface area contributed by atoms with Gasteiger partial charge in [-0.1, -0.05) is 29.8 Å². The van der Waals surface area contributed by atoms with Crippen LogP contribution in [0.2, 0.25) is 0 Å². The van der Waals surface area contributed by atoms with Crippen LogP contribution in [0.25, 0.3) is 17.3 Å². The normalized spacial score (nSPS) is 10.9. The van der Waals surface area contributed by atoms with Crippen molar-refractivity contribution >= 4 is 11.6 Å². The van der Waals surface area contributed by atoms with Gasteiger partial charge in [-0.2, -0.15) is 4.98 Å². The topological polar surface area (TPSA) is 98.7 Å². The number of nitrogens with one attached hydrogen (secondary N) is 1. The summed E-state index contributed by atoms with van der Waals surface area (Å²) in [6, 6.07) is 9.51. The number of hydrogen-bond donors (Lipinski definition) is 1. The zero-order valence-electron chi connectivity index (χ0n) is 17.1. The van der Waals surface area contributed by atoms with E-state index in [0.29, 0.717) is 23.1 Å². The monoisotopic (exact) mass is 402 g/mol. The van der Waals surface area contributed by atoms with Gasteiger partial charge in [0.15, 0.2) is 11.6 Å². The first-order chi connectivity index (χ1) is 14.5. The van der Waals surface area contributed by atoms with E-state index in [2.05, 4.69) is 32.3 Å². The lowest BCUT2D eigenvalue weighted by Gasteiger charge is -2.08. The molecule has 8 heteroatoms. The van der Waals surface area contributed by atoms with Gasteiger partial charge in [0, 0.05) is 24.5 Å². The van der Waals surface area contributed by atoms with Gasteiger partial charge in [-0.05, 0) is 44.0 Å². The number of benzene rings is 1. The highest BCUT2D eigenvalue weighted by molar-refractivity contribution is 6.03. The van der Waals surface area contributed by atoms with Gasteiger partial charge < -0.3 is 9.84 Å². The average molecular weight is 402 g/mol. The van der Waals surface area contributed by atoms with Crippen molar-refractivity contribution < 1.29 is 9.32 Å². The Labute approximate surface area is 174 Å². The van der Waals surface area contributed by atoms with Crippen molar-refractivity contribution in [3.8, 4) is 17.3 Å². The van der Waals surface area contributed by atoms with E-state index in [0.717, 1.165) is 29.7 Å². The van der Waals surface area contributed by atoms with Crippen LogP contribution in [0.5, 0.6) is 0 Å². The Morgan fingerprint density at radius 3 is 2.87 bits per heavy atom. The number of rotatable bonds is 6. The van der Waals surface area contributed by atoms with Crippen molar-refractivity contribution in [3.63, 3.8) is 0 Å². The molecular weight excluding hydrogens is 380 g/mol. The van der Waals surface area contributed by atoms with Gasteiger partial charge in [-0.3, -0.25) is 9.36 Å². The quantitative estimate of drug-likeness (QED) is 0.520. The number of aryl methyl sites for hydroxylation is 3. The van der Waals surface area contributed by atoms with Crippen LogP contribution in [0.3, 0.4) is 0 Å². The van der Waals surface area contributed by atoms with E-state index in [1.54, 1.807) is 29.4 Å². The van der Waals surface area contributed by atoms with Crippen LogP contribution < -0.4 is 5.32 Å². The lowest BCUT2D eigenvalue weighted by molar-refractivity contribution is 0.102. The highest BCUT2D eigenvalue weighted by Gasteiger charge is 2.17. The Morgan fingerprint density at radius 1 is 1.20 bits per heavy atom. The van der Waals surface area contributed by atoms with Gasteiger partial charge in [-0.25, -0.2) is 9.97 Å².